The van der Waals surface area contributed by atoms with E-state index < -0.39 is 23.2 Å². The Morgan fingerprint density at radius 1 is 1.00 bits per heavy atom. The van der Waals surface area contributed by atoms with Gasteiger partial charge in [-0.2, -0.15) is 13.2 Å². The number of phenolic OH excluding ortho intramolecular Hbond substituents is 2. The summed E-state index contributed by atoms with van der Waals surface area (Å²) in [5, 5.41) is 22.4. The van der Waals surface area contributed by atoms with Crippen molar-refractivity contribution in [3.8, 4) is 22.6 Å². The predicted octanol–water partition coefficient (Wildman–Crippen LogP) is 5.46. The number of hydrogen-bond acceptors (Lipinski definition) is 4. The molecule has 0 spiro atoms. The van der Waals surface area contributed by atoms with Gasteiger partial charge in [0, 0.05) is 27.1 Å². The third-order valence-electron chi connectivity index (χ3n) is 5.13. The fourth-order valence-corrected chi connectivity index (χ4v) is 3.73. The number of halogens is 4. The Morgan fingerprint density at radius 2 is 1.71 bits per heavy atom. The van der Waals surface area contributed by atoms with Crippen LogP contribution in [-0.4, -0.2) is 21.1 Å². The van der Waals surface area contributed by atoms with Crippen LogP contribution in [0.3, 0.4) is 0 Å². The van der Waals surface area contributed by atoms with Crippen LogP contribution in [0.4, 0.5) is 18.9 Å². The summed E-state index contributed by atoms with van der Waals surface area (Å²) in [7, 11) is 0. The molecule has 0 saturated heterocycles. The number of fused-ring (bicyclic) bond motifs is 1. The van der Waals surface area contributed by atoms with E-state index in [2.05, 4.69) is 10.3 Å². The summed E-state index contributed by atoms with van der Waals surface area (Å²) in [4.78, 5) is 28.1. The minimum atomic E-state index is -4.67. The number of hydrogen-bond donors (Lipinski definition) is 4. The molecule has 0 fully saturated rings. The summed E-state index contributed by atoms with van der Waals surface area (Å²) < 4.78 is 40.3. The van der Waals surface area contributed by atoms with Crippen LogP contribution in [0, 0.1) is 0 Å². The van der Waals surface area contributed by atoms with E-state index in [1.54, 1.807) is 0 Å². The number of anilines is 1. The van der Waals surface area contributed by atoms with Crippen molar-refractivity contribution < 1.29 is 28.2 Å². The van der Waals surface area contributed by atoms with Crippen LogP contribution < -0.4 is 10.9 Å². The molecule has 0 aliphatic rings. The first-order valence-electron chi connectivity index (χ1n) is 9.87. The van der Waals surface area contributed by atoms with Crippen molar-refractivity contribution in [1.29, 1.82) is 0 Å². The Labute approximate surface area is 195 Å². The normalized spacial score (nSPS) is 11.5. The quantitative estimate of drug-likeness (QED) is 0.306. The first-order chi connectivity index (χ1) is 16.0. The average Bonchev–Trinajstić information content (AvgIpc) is 2.77. The lowest BCUT2D eigenvalue weighted by molar-refractivity contribution is -0.137. The average molecular weight is 489 g/mol. The number of aromatic hydroxyl groups is 2. The first kappa shape index (κ1) is 23.2. The van der Waals surface area contributed by atoms with Gasteiger partial charge in [0.1, 0.15) is 17.2 Å². The third kappa shape index (κ3) is 4.69. The van der Waals surface area contributed by atoms with Crippen molar-refractivity contribution in [1.82, 2.24) is 4.98 Å². The molecule has 3 aromatic carbocycles. The van der Waals surface area contributed by atoms with Gasteiger partial charge in [-0.25, -0.2) is 0 Å². The summed E-state index contributed by atoms with van der Waals surface area (Å²) in [5.41, 5.74) is -1.63. The number of benzene rings is 3. The van der Waals surface area contributed by atoms with E-state index in [4.69, 9.17) is 11.6 Å². The number of carbonyl (C=O) groups is 1. The topological polar surface area (TPSA) is 102 Å². The molecule has 0 saturated carbocycles. The fraction of sp³-hybridized carbons (Fsp3) is 0.0833. The van der Waals surface area contributed by atoms with Gasteiger partial charge in [-0.15, -0.1) is 0 Å². The largest absolute Gasteiger partial charge is 0.508 e. The van der Waals surface area contributed by atoms with Crippen LogP contribution in [0.15, 0.2) is 65.5 Å². The maximum atomic E-state index is 13.4. The monoisotopic (exact) mass is 488 g/mol. The lowest BCUT2D eigenvalue weighted by Gasteiger charge is -2.16. The molecular formula is C24H16ClF3N2O4. The lowest BCUT2D eigenvalue weighted by Crippen LogP contribution is -2.22. The highest BCUT2D eigenvalue weighted by Crippen LogP contribution is 2.41. The Bertz CT molecular complexity index is 1460. The van der Waals surface area contributed by atoms with Crippen molar-refractivity contribution in [3.63, 3.8) is 0 Å². The second-order valence-electron chi connectivity index (χ2n) is 7.52. The number of H-pyrrole nitrogens is 1. The minimum Gasteiger partial charge on any atom is -0.508 e. The molecule has 4 aromatic rings. The number of rotatable bonds is 4. The smallest absolute Gasteiger partial charge is 0.416 e. The van der Waals surface area contributed by atoms with Crippen LogP contribution in [0.5, 0.6) is 11.5 Å². The zero-order chi connectivity index (χ0) is 24.6. The molecule has 0 aliphatic heterocycles. The van der Waals surface area contributed by atoms with Gasteiger partial charge < -0.3 is 20.5 Å². The third-order valence-corrected chi connectivity index (χ3v) is 5.37. The molecule has 34 heavy (non-hydrogen) atoms. The van der Waals surface area contributed by atoms with Crippen molar-refractivity contribution in [2.45, 2.75) is 12.6 Å². The van der Waals surface area contributed by atoms with Crippen molar-refractivity contribution in [2.24, 2.45) is 0 Å². The Hall–Kier alpha value is -3.98. The molecule has 0 unspecified atom stereocenters. The zero-order valence-corrected chi connectivity index (χ0v) is 18.0. The van der Waals surface area contributed by atoms with E-state index in [1.165, 1.54) is 42.5 Å². The lowest BCUT2D eigenvalue weighted by atomic mass is 9.96. The van der Waals surface area contributed by atoms with Gasteiger partial charge in [0.15, 0.2) is 0 Å². The van der Waals surface area contributed by atoms with Gasteiger partial charge in [-0.05, 0) is 54.1 Å². The Morgan fingerprint density at radius 3 is 2.38 bits per heavy atom. The molecule has 1 aromatic heterocycles. The van der Waals surface area contributed by atoms with Crippen LogP contribution in [-0.2, 0) is 17.4 Å². The summed E-state index contributed by atoms with van der Waals surface area (Å²) in [6.45, 7) is 0. The van der Waals surface area contributed by atoms with Gasteiger partial charge in [-0.3, -0.25) is 9.59 Å². The highest BCUT2D eigenvalue weighted by Gasteiger charge is 2.31. The molecule has 0 atom stereocenters. The molecule has 0 aliphatic carbocycles. The molecule has 10 heteroatoms. The molecule has 4 rings (SSSR count). The number of amides is 1. The molecule has 0 bridgehead atoms. The first-order valence-corrected chi connectivity index (χ1v) is 10.2. The van der Waals surface area contributed by atoms with E-state index >= 15 is 0 Å². The molecular weight excluding hydrogens is 473 g/mol. The van der Waals surface area contributed by atoms with E-state index in [0.717, 1.165) is 18.2 Å². The number of nitrogens with one attached hydrogen (secondary N) is 2. The molecule has 4 N–H and O–H groups in total. The maximum Gasteiger partial charge on any atom is 0.416 e. The van der Waals surface area contributed by atoms with Gasteiger partial charge >= 0.3 is 6.18 Å². The highest BCUT2D eigenvalue weighted by atomic mass is 35.5. The molecule has 0 radical (unpaired) electrons. The van der Waals surface area contributed by atoms with E-state index in [9.17, 15) is 33.0 Å². The molecule has 174 valence electrons. The molecule has 1 heterocycles. The van der Waals surface area contributed by atoms with Crippen LogP contribution in [0.25, 0.3) is 22.0 Å². The van der Waals surface area contributed by atoms with Crippen LogP contribution in [0.2, 0.25) is 5.02 Å². The van der Waals surface area contributed by atoms with Gasteiger partial charge in [0.25, 0.3) is 5.56 Å². The Balaban J connectivity index is 1.91. The summed E-state index contributed by atoms with van der Waals surface area (Å²) in [6, 6.07) is 12.5. The molecule has 1 amide bonds. The number of phenols is 2. The minimum absolute atomic E-state index is 0.00863. The van der Waals surface area contributed by atoms with Crippen molar-refractivity contribution >= 4 is 34.1 Å². The summed E-state index contributed by atoms with van der Waals surface area (Å²) >= 11 is 6.05. The fourth-order valence-electron chi connectivity index (χ4n) is 3.56. The second kappa shape index (κ2) is 8.75. The van der Waals surface area contributed by atoms with Crippen LogP contribution >= 0.6 is 11.6 Å². The van der Waals surface area contributed by atoms with Crippen LogP contribution in [0.1, 0.15) is 11.1 Å². The second-order valence-corrected chi connectivity index (χ2v) is 7.95. The molecule has 6 nitrogen and oxygen atoms in total. The Kier molecular flexibility index (Phi) is 5.97. The van der Waals surface area contributed by atoms with Gasteiger partial charge in [0.05, 0.1) is 12.0 Å². The number of pyridine rings is 1. The summed E-state index contributed by atoms with van der Waals surface area (Å²) in [6.07, 6.45) is -4.85. The zero-order valence-electron chi connectivity index (χ0n) is 17.2. The van der Waals surface area contributed by atoms with E-state index in [1.807, 2.05) is 0 Å². The predicted molar refractivity (Wildman–Crippen MR) is 122 cm³/mol. The van der Waals surface area contributed by atoms with Crippen molar-refractivity contribution in [3.05, 3.63) is 87.2 Å². The van der Waals surface area contributed by atoms with Crippen molar-refractivity contribution in [2.75, 3.05) is 5.32 Å². The van der Waals surface area contributed by atoms with E-state index in [0.29, 0.717) is 5.56 Å². The standard InChI is InChI=1S/C24H16ClF3N2O4/c25-14-4-8-19(32)17(11-14)21-16-10-13(24(26,27)28)3-7-18(16)29-23(34)22(21)30-20(33)9-12-1-5-15(31)6-2-12/h1-8,10-11,31-32H,9H2,(H,29,34)(H,30,33). The number of alkyl halides is 3. The summed E-state index contributed by atoms with van der Waals surface area (Å²) in [5.74, 6) is -0.970. The van der Waals surface area contributed by atoms with Gasteiger partial charge in [0.2, 0.25) is 5.91 Å². The van der Waals surface area contributed by atoms with E-state index in [-0.39, 0.29) is 50.7 Å². The number of carbonyl (C=O) groups excluding carboxylic acids is 1. The SMILES string of the molecule is O=C(Cc1ccc(O)cc1)Nc1c(-c2cc(Cl)ccc2O)c2cc(C(F)(F)F)ccc2[nH]c1=O. The maximum absolute atomic E-state index is 13.4. The van der Waals surface area contributed by atoms with Gasteiger partial charge in [-0.1, -0.05) is 23.7 Å². The number of aromatic nitrogens is 1. The number of aromatic amines is 1. The highest BCUT2D eigenvalue weighted by molar-refractivity contribution is 6.31.